The van der Waals surface area contributed by atoms with E-state index >= 15 is 0 Å². The summed E-state index contributed by atoms with van der Waals surface area (Å²) < 4.78 is 17.4. The molecule has 0 N–H and O–H groups in total. The van der Waals surface area contributed by atoms with E-state index in [2.05, 4.69) is 13.2 Å². The van der Waals surface area contributed by atoms with Gasteiger partial charge in [0.25, 0.3) is 8.03 Å². The second kappa shape index (κ2) is 6.27. The van der Waals surface area contributed by atoms with Gasteiger partial charge >= 0.3 is 0 Å². The summed E-state index contributed by atoms with van der Waals surface area (Å²) in [5, 5.41) is 0.676. The molecular formula is C14H17O2P. The highest BCUT2D eigenvalue weighted by atomic mass is 31.1. The lowest BCUT2D eigenvalue weighted by atomic mass is 10.0. The molecule has 0 saturated carbocycles. The highest BCUT2D eigenvalue weighted by molar-refractivity contribution is 7.45. The van der Waals surface area contributed by atoms with Gasteiger partial charge in [-0.05, 0) is 25.5 Å². The lowest BCUT2D eigenvalue weighted by Gasteiger charge is -2.21. The first kappa shape index (κ1) is 13.5. The zero-order valence-electron chi connectivity index (χ0n) is 10.2. The average Bonchev–Trinajstić information content (AvgIpc) is 2.32. The van der Waals surface area contributed by atoms with Gasteiger partial charge in [-0.3, -0.25) is 4.57 Å². The topological polar surface area (TPSA) is 26.3 Å². The van der Waals surface area contributed by atoms with Crippen molar-refractivity contribution in [2.45, 2.75) is 13.8 Å². The molecule has 1 atom stereocenters. The summed E-state index contributed by atoms with van der Waals surface area (Å²) in [5.74, 6) is 0.551. The lowest BCUT2D eigenvalue weighted by Crippen LogP contribution is -2.01. The minimum absolute atomic E-state index is 0.551. The number of rotatable bonds is 3. The van der Waals surface area contributed by atoms with E-state index in [1.54, 1.807) is 18.2 Å². The molecule has 1 unspecified atom stereocenters. The van der Waals surface area contributed by atoms with E-state index in [4.69, 9.17) is 4.52 Å². The van der Waals surface area contributed by atoms with Crippen LogP contribution in [-0.4, -0.2) is 0 Å². The van der Waals surface area contributed by atoms with Gasteiger partial charge in [0.05, 0.1) is 5.31 Å². The summed E-state index contributed by atoms with van der Waals surface area (Å²) in [5.41, 5.74) is 1.52. The van der Waals surface area contributed by atoms with Crippen molar-refractivity contribution in [3.8, 4) is 0 Å². The third-order valence-electron chi connectivity index (χ3n) is 2.31. The van der Waals surface area contributed by atoms with E-state index in [0.29, 0.717) is 11.1 Å². The van der Waals surface area contributed by atoms with Crippen LogP contribution in [0.5, 0.6) is 0 Å². The Morgan fingerprint density at radius 2 is 2.00 bits per heavy atom. The summed E-state index contributed by atoms with van der Waals surface area (Å²) in [6.07, 6.45) is 10.8. The Labute approximate surface area is 103 Å². The van der Waals surface area contributed by atoms with Gasteiger partial charge in [-0.1, -0.05) is 43.5 Å². The second-order valence-corrected chi connectivity index (χ2v) is 4.77. The minimum Gasteiger partial charge on any atom is -0.441 e. The SMILES string of the molecule is C=CC1=C(/C=C\C)[PH](=O)O/C(=C/C=C\C)C1=C. The Kier molecular flexibility index (Phi) is 4.99. The fourth-order valence-corrected chi connectivity index (χ4v) is 2.77. The first-order valence-electron chi connectivity index (χ1n) is 5.39. The third-order valence-corrected chi connectivity index (χ3v) is 3.59. The Hall–Kier alpha value is -1.53. The molecule has 0 bridgehead atoms. The molecule has 1 rings (SSSR count). The van der Waals surface area contributed by atoms with Crippen LogP contribution in [0.3, 0.4) is 0 Å². The van der Waals surface area contributed by atoms with Crippen LogP contribution in [0, 0.1) is 0 Å². The molecule has 0 fully saturated rings. The summed E-state index contributed by atoms with van der Waals surface area (Å²) in [6.45, 7) is 11.5. The van der Waals surface area contributed by atoms with E-state index in [0.717, 1.165) is 11.1 Å². The zero-order valence-corrected chi connectivity index (χ0v) is 11.2. The average molecular weight is 248 g/mol. The Bertz CT molecular complexity index is 476. The van der Waals surface area contributed by atoms with E-state index in [-0.39, 0.29) is 0 Å². The summed E-state index contributed by atoms with van der Waals surface area (Å²) >= 11 is 0. The van der Waals surface area contributed by atoms with Crippen molar-refractivity contribution in [1.82, 2.24) is 0 Å². The quantitative estimate of drug-likeness (QED) is 0.686. The van der Waals surface area contributed by atoms with Gasteiger partial charge in [-0.15, -0.1) is 0 Å². The predicted octanol–water partition coefficient (Wildman–Crippen LogP) is 4.52. The van der Waals surface area contributed by atoms with Crippen LogP contribution < -0.4 is 0 Å². The van der Waals surface area contributed by atoms with Gasteiger partial charge in [-0.25, -0.2) is 0 Å². The molecule has 0 aromatic rings. The van der Waals surface area contributed by atoms with Gasteiger partial charge < -0.3 is 4.52 Å². The van der Waals surface area contributed by atoms with Crippen molar-refractivity contribution in [2.75, 3.05) is 0 Å². The largest absolute Gasteiger partial charge is 0.441 e. The standard InChI is InChI=1S/C14H17O2P/c1-5-8-10-13-11(4)12(7-3)14(9-6-2)17(15)16-13/h5-10,17H,3-4H2,1-2H3/b8-5-,9-6-,13-10+. The molecule has 1 heterocycles. The summed E-state index contributed by atoms with van der Waals surface area (Å²) in [4.78, 5) is 0. The van der Waals surface area contributed by atoms with Gasteiger partial charge in [0, 0.05) is 5.57 Å². The number of hydrogen-bond acceptors (Lipinski definition) is 2. The molecule has 0 spiro atoms. The highest BCUT2D eigenvalue weighted by Crippen LogP contribution is 2.48. The van der Waals surface area contributed by atoms with Gasteiger partial charge in [-0.2, -0.15) is 0 Å². The van der Waals surface area contributed by atoms with Crippen molar-refractivity contribution in [1.29, 1.82) is 0 Å². The Morgan fingerprint density at radius 3 is 2.53 bits per heavy atom. The Morgan fingerprint density at radius 1 is 1.29 bits per heavy atom. The molecule has 0 aromatic carbocycles. The number of allylic oxidation sites excluding steroid dienone is 8. The molecule has 90 valence electrons. The maximum Gasteiger partial charge on any atom is 0.266 e. The third kappa shape index (κ3) is 2.98. The van der Waals surface area contributed by atoms with Crippen LogP contribution in [0.2, 0.25) is 0 Å². The first-order valence-corrected chi connectivity index (χ1v) is 6.71. The normalized spacial score (nSPS) is 23.8. The molecule has 2 nitrogen and oxygen atoms in total. The van der Waals surface area contributed by atoms with E-state index in [1.165, 1.54) is 0 Å². The van der Waals surface area contributed by atoms with E-state index in [1.807, 2.05) is 32.1 Å². The number of hydrogen-bond donors (Lipinski definition) is 0. The molecule has 3 heteroatoms. The van der Waals surface area contributed by atoms with Crippen LogP contribution in [0.4, 0.5) is 0 Å². The highest BCUT2D eigenvalue weighted by Gasteiger charge is 2.22. The van der Waals surface area contributed by atoms with Crippen LogP contribution in [0.1, 0.15) is 13.8 Å². The fourth-order valence-electron chi connectivity index (χ4n) is 1.50. The van der Waals surface area contributed by atoms with Crippen molar-refractivity contribution in [3.63, 3.8) is 0 Å². The molecule has 1 aliphatic heterocycles. The summed E-state index contributed by atoms with van der Waals surface area (Å²) in [7, 11) is -2.26. The summed E-state index contributed by atoms with van der Waals surface area (Å²) in [6, 6.07) is 0. The van der Waals surface area contributed by atoms with Crippen molar-refractivity contribution in [2.24, 2.45) is 0 Å². The Balaban J connectivity index is 3.29. The first-order chi connectivity index (χ1) is 8.15. The second-order valence-electron chi connectivity index (χ2n) is 3.46. The molecule has 0 aliphatic carbocycles. The van der Waals surface area contributed by atoms with Crippen molar-refractivity contribution in [3.05, 3.63) is 71.8 Å². The molecular weight excluding hydrogens is 231 g/mol. The fraction of sp³-hybridized carbons (Fsp3) is 0.143. The van der Waals surface area contributed by atoms with Crippen molar-refractivity contribution < 1.29 is 9.09 Å². The van der Waals surface area contributed by atoms with E-state index in [9.17, 15) is 4.57 Å². The van der Waals surface area contributed by atoms with Gasteiger partial charge in [0.15, 0.2) is 0 Å². The molecule has 0 amide bonds. The van der Waals surface area contributed by atoms with E-state index < -0.39 is 8.03 Å². The van der Waals surface area contributed by atoms with Crippen molar-refractivity contribution >= 4 is 8.03 Å². The van der Waals surface area contributed by atoms with Crippen LogP contribution in [0.25, 0.3) is 0 Å². The zero-order chi connectivity index (χ0) is 12.8. The van der Waals surface area contributed by atoms with Crippen LogP contribution in [-0.2, 0) is 9.09 Å². The van der Waals surface area contributed by atoms with Gasteiger partial charge in [0.1, 0.15) is 5.76 Å². The molecule has 0 aromatic heterocycles. The van der Waals surface area contributed by atoms with Crippen LogP contribution >= 0.6 is 8.03 Å². The monoisotopic (exact) mass is 248 g/mol. The molecule has 17 heavy (non-hydrogen) atoms. The molecule has 1 aliphatic rings. The smallest absolute Gasteiger partial charge is 0.266 e. The maximum absolute atomic E-state index is 12.0. The van der Waals surface area contributed by atoms with Crippen LogP contribution in [0.15, 0.2) is 71.8 Å². The predicted molar refractivity (Wildman–Crippen MR) is 74.2 cm³/mol. The molecule has 0 saturated heterocycles. The maximum atomic E-state index is 12.0. The molecule has 0 radical (unpaired) electrons. The van der Waals surface area contributed by atoms with Gasteiger partial charge in [0.2, 0.25) is 0 Å². The lowest BCUT2D eigenvalue weighted by molar-refractivity contribution is 0.435. The minimum atomic E-state index is -2.26.